The number of nitrogens with two attached hydrogens (primary N) is 1. The molecule has 2 fully saturated rings. The molecule has 0 heterocycles. The van der Waals surface area contributed by atoms with Gasteiger partial charge < -0.3 is 16.0 Å². The van der Waals surface area contributed by atoms with E-state index in [4.69, 9.17) is 5.73 Å². The maximum Gasteiger partial charge on any atom is 0.188 e. The molecule has 0 amide bonds. The second-order valence-electron chi connectivity index (χ2n) is 6.22. The van der Waals surface area contributed by atoms with Crippen molar-refractivity contribution in [3.8, 4) is 0 Å². The van der Waals surface area contributed by atoms with Gasteiger partial charge in [0.15, 0.2) is 5.96 Å². The second-order valence-corrected chi connectivity index (χ2v) is 6.22. The van der Waals surface area contributed by atoms with Crippen molar-refractivity contribution >= 4 is 5.96 Å². The minimum Gasteiger partial charge on any atom is -0.370 e. The third-order valence-corrected chi connectivity index (χ3v) is 4.71. The minimum atomic E-state index is 0.629. The largest absolute Gasteiger partial charge is 0.370 e. The third kappa shape index (κ3) is 5.01. The quantitative estimate of drug-likeness (QED) is 0.571. The van der Waals surface area contributed by atoms with Gasteiger partial charge in [0.25, 0.3) is 0 Å². The van der Waals surface area contributed by atoms with Gasteiger partial charge in [0.1, 0.15) is 0 Å². The van der Waals surface area contributed by atoms with Crippen molar-refractivity contribution in [2.45, 2.75) is 57.4 Å². The highest BCUT2D eigenvalue weighted by Crippen LogP contribution is 2.26. The summed E-state index contributed by atoms with van der Waals surface area (Å²) in [4.78, 5) is 6.90. The monoisotopic (exact) mass is 266 g/mol. The van der Waals surface area contributed by atoms with E-state index in [1.54, 1.807) is 0 Å². The molecule has 4 heteroatoms. The number of nitrogens with one attached hydrogen (secondary N) is 1. The molecular weight excluding hydrogens is 236 g/mol. The molecule has 0 aromatic carbocycles. The molecular formula is C15H30N4. The highest BCUT2D eigenvalue weighted by molar-refractivity contribution is 5.77. The van der Waals surface area contributed by atoms with Crippen LogP contribution in [0, 0.1) is 5.92 Å². The highest BCUT2D eigenvalue weighted by Gasteiger charge is 2.18. The van der Waals surface area contributed by atoms with Crippen LogP contribution in [0.3, 0.4) is 0 Å². The number of guanidine groups is 1. The van der Waals surface area contributed by atoms with E-state index in [0.717, 1.165) is 31.6 Å². The lowest BCUT2D eigenvalue weighted by Gasteiger charge is -2.31. The molecule has 0 atom stereocenters. The Morgan fingerprint density at radius 1 is 1.16 bits per heavy atom. The average Bonchev–Trinajstić information content (AvgIpc) is 2.38. The Morgan fingerprint density at radius 3 is 2.53 bits per heavy atom. The first-order valence-electron chi connectivity index (χ1n) is 7.99. The van der Waals surface area contributed by atoms with Gasteiger partial charge in [0, 0.05) is 25.7 Å². The number of nitrogens with zero attached hydrogens (tertiary/aromatic N) is 2. The van der Waals surface area contributed by atoms with E-state index >= 15 is 0 Å². The van der Waals surface area contributed by atoms with E-state index in [1.165, 1.54) is 51.4 Å². The van der Waals surface area contributed by atoms with Gasteiger partial charge in [0.2, 0.25) is 0 Å². The topological polar surface area (TPSA) is 53.6 Å². The Bertz CT molecular complexity index is 280. The molecule has 0 radical (unpaired) electrons. The van der Waals surface area contributed by atoms with Gasteiger partial charge in [-0.25, -0.2) is 0 Å². The third-order valence-electron chi connectivity index (χ3n) is 4.71. The predicted molar refractivity (Wildman–Crippen MR) is 81.3 cm³/mol. The summed E-state index contributed by atoms with van der Waals surface area (Å²) in [6.45, 7) is 2.88. The maximum absolute atomic E-state index is 5.89. The van der Waals surface area contributed by atoms with Crippen LogP contribution < -0.4 is 11.1 Å². The lowest BCUT2D eigenvalue weighted by atomic mass is 9.86. The summed E-state index contributed by atoms with van der Waals surface area (Å²) in [5.74, 6) is 1.43. The van der Waals surface area contributed by atoms with Gasteiger partial charge in [-0.15, -0.1) is 0 Å². The molecule has 2 aliphatic carbocycles. The van der Waals surface area contributed by atoms with Gasteiger partial charge in [-0.2, -0.15) is 0 Å². The lowest BCUT2D eigenvalue weighted by molar-refractivity contribution is 0.194. The van der Waals surface area contributed by atoms with Crippen molar-refractivity contribution in [2.75, 3.05) is 26.7 Å². The molecule has 0 aromatic heterocycles. The van der Waals surface area contributed by atoms with E-state index in [0.29, 0.717) is 5.96 Å². The van der Waals surface area contributed by atoms with Crippen LogP contribution in [0.15, 0.2) is 4.99 Å². The molecule has 2 rings (SSSR count). The summed E-state index contributed by atoms with van der Waals surface area (Å²) in [5.41, 5.74) is 5.89. The first-order chi connectivity index (χ1) is 9.25. The lowest BCUT2D eigenvalue weighted by Crippen LogP contribution is -2.41. The van der Waals surface area contributed by atoms with Crippen LogP contribution in [0.4, 0.5) is 0 Å². The fraction of sp³-hybridized carbons (Fsp3) is 0.933. The second kappa shape index (κ2) is 7.73. The molecule has 0 aromatic rings. The van der Waals surface area contributed by atoms with Gasteiger partial charge in [-0.05, 0) is 38.6 Å². The van der Waals surface area contributed by atoms with Gasteiger partial charge in [-0.1, -0.05) is 25.7 Å². The van der Waals surface area contributed by atoms with Crippen LogP contribution in [-0.2, 0) is 0 Å². The molecule has 0 aliphatic heterocycles. The normalized spacial score (nSPS) is 22.5. The number of hydrogen-bond acceptors (Lipinski definition) is 2. The molecule has 110 valence electrons. The average molecular weight is 266 g/mol. The van der Waals surface area contributed by atoms with Crippen molar-refractivity contribution < 1.29 is 0 Å². The van der Waals surface area contributed by atoms with E-state index in [9.17, 15) is 0 Å². The zero-order chi connectivity index (χ0) is 13.5. The van der Waals surface area contributed by atoms with Crippen molar-refractivity contribution in [1.29, 1.82) is 0 Å². The molecule has 4 nitrogen and oxygen atoms in total. The van der Waals surface area contributed by atoms with Gasteiger partial charge >= 0.3 is 0 Å². The van der Waals surface area contributed by atoms with Gasteiger partial charge in [0.05, 0.1) is 0 Å². The molecule has 3 N–H and O–H groups in total. The molecule has 0 saturated heterocycles. The Hall–Kier alpha value is -0.770. The summed E-state index contributed by atoms with van der Waals surface area (Å²) in [5, 5.41) is 3.24. The number of aliphatic imine (C=N–C) groups is 1. The zero-order valence-corrected chi connectivity index (χ0v) is 12.4. The summed E-state index contributed by atoms with van der Waals surface area (Å²) >= 11 is 0. The molecule has 0 bridgehead atoms. The Balaban J connectivity index is 1.56. The van der Waals surface area contributed by atoms with E-state index in [2.05, 4.69) is 22.3 Å². The van der Waals surface area contributed by atoms with E-state index in [1.807, 2.05) is 0 Å². The van der Waals surface area contributed by atoms with Gasteiger partial charge in [-0.3, -0.25) is 4.99 Å². The molecule has 19 heavy (non-hydrogen) atoms. The van der Waals surface area contributed by atoms with E-state index in [-0.39, 0.29) is 0 Å². The molecule has 2 aliphatic rings. The van der Waals surface area contributed by atoms with Crippen LogP contribution in [0.2, 0.25) is 0 Å². The zero-order valence-electron chi connectivity index (χ0n) is 12.4. The van der Waals surface area contributed by atoms with E-state index < -0.39 is 0 Å². The van der Waals surface area contributed by atoms with Crippen molar-refractivity contribution in [3.05, 3.63) is 0 Å². The maximum atomic E-state index is 5.89. The molecule has 0 unspecified atom stereocenters. The Kier molecular flexibility index (Phi) is 5.95. The first kappa shape index (κ1) is 14.6. The predicted octanol–water partition coefficient (Wildman–Crippen LogP) is 1.96. The van der Waals surface area contributed by atoms with Crippen molar-refractivity contribution in [3.63, 3.8) is 0 Å². The summed E-state index contributed by atoms with van der Waals surface area (Å²) in [6, 6.07) is 0.781. The fourth-order valence-electron chi connectivity index (χ4n) is 3.02. The fourth-order valence-corrected chi connectivity index (χ4v) is 3.02. The van der Waals surface area contributed by atoms with Crippen molar-refractivity contribution in [1.82, 2.24) is 10.2 Å². The highest BCUT2D eigenvalue weighted by atomic mass is 15.2. The molecule has 2 saturated carbocycles. The SMILES string of the molecule is CN(CCNC(N)=NCC1CCC1)C1CCCCC1. The summed E-state index contributed by atoms with van der Waals surface area (Å²) in [7, 11) is 2.24. The Labute approximate surface area is 117 Å². The van der Waals surface area contributed by atoms with Crippen LogP contribution in [0.1, 0.15) is 51.4 Å². The Morgan fingerprint density at radius 2 is 1.89 bits per heavy atom. The minimum absolute atomic E-state index is 0.629. The smallest absolute Gasteiger partial charge is 0.188 e. The van der Waals surface area contributed by atoms with Crippen LogP contribution in [0.25, 0.3) is 0 Å². The van der Waals surface area contributed by atoms with Crippen molar-refractivity contribution in [2.24, 2.45) is 16.6 Å². The first-order valence-corrected chi connectivity index (χ1v) is 7.99. The number of likely N-dealkylation sites (N-methyl/N-ethyl adjacent to an activating group) is 1. The standard InChI is InChI=1S/C15H30N4/c1-19(14-8-3-2-4-9-14)11-10-17-15(16)18-12-13-6-5-7-13/h13-14H,2-12H2,1H3,(H3,16,17,18). The summed E-state index contributed by atoms with van der Waals surface area (Å²) in [6.07, 6.45) is 11.0. The van der Waals surface area contributed by atoms with Crippen LogP contribution in [-0.4, -0.2) is 43.6 Å². The number of hydrogen-bond donors (Lipinski definition) is 2. The number of rotatable bonds is 6. The summed E-state index contributed by atoms with van der Waals surface area (Å²) < 4.78 is 0. The van der Waals surface area contributed by atoms with Crippen LogP contribution >= 0.6 is 0 Å². The van der Waals surface area contributed by atoms with Crippen LogP contribution in [0.5, 0.6) is 0 Å². The molecule has 0 spiro atoms.